The van der Waals surface area contributed by atoms with Gasteiger partial charge in [0.2, 0.25) is 0 Å². The van der Waals surface area contributed by atoms with Gasteiger partial charge in [-0.3, -0.25) is 0 Å². The van der Waals surface area contributed by atoms with Crippen molar-refractivity contribution in [3.63, 3.8) is 0 Å². The molecule has 4 aromatic carbocycles. The van der Waals surface area contributed by atoms with Gasteiger partial charge in [0.1, 0.15) is 5.75 Å². The van der Waals surface area contributed by atoms with Crippen LogP contribution in [0.5, 0.6) is 5.75 Å². The van der Waals surface area contributed by atoms with Gasteiger partial charge in [0.15, 0.2) is 0 Å². The SMILES string of the molecule is COc1ccc(C(c2ccc(C)cc2)C(c2ccc(C)cc2)c2ccc(C)cc2)cc1. The molecule has 4 rings (SSSR count). The van der Waals surface area contributed by atoms with E-state index >= 15 is 0 Å². The number of benzene rings is 4. The summed E-state index contributed by atoms with van der Waals surface area (Å²) in [5.41, 5.74) is 9.11. The summed E-state index contributed by atoms with van der Waals surface area (Å²) in [7, 11) is 1.72. The van der Waals surface area contributed by atoms with E-state index in [1.807, 2.05) is 0 Å². The van der Waals surface area contributed by atoms with Crippen LogP contribution in [0.2, 0.25) is 0 Å². The summed E-state index contributed by atoms with van der Waals surface area (Å²) >= 11 is 0. The zero-order valence-electron chi connectivity index (χ0n) is 18.8. The quantitative estimate of drug-likeness (QED) is 0.320. The van der Waals surface area contributed by atoms with E-state index in [-0.39, 0.29) is 11.8 Å². The second kappa shape index (κ2) is 9.22. The molecule has 1 heteroatoms. The molecule has 1 nitrogen and oxygen atoms in total. The number of ether oxygens (including phenoxy) is 1. The Balaban J connectivity index is 1.92. The zero-order valence-corrected chi connectivity index (χ0v) is 18.8. The second-order valence-electron chi connectivity index (χ2n) is 8.46. The summed E-state index contributed by atoms with van der Waals surface area (Å²) in [6, 6.07) is 35.5. The summed E-state index contributed by atoms with van der Waals surface area (Å²) in [6.07, 6.45) is 0. The van der Waals surface area contributed by atoms with Crippen LogP contribution in [0.1, 0.15) is 50.8 Å². The van der Waals surface area contributed by atoms with Gasteiger partial charge < -0.3 is 4.74 Å². The number of rotatable bonds is 6. The molecule has 31 heavy (non-hydrogen) atoms. The molecular formula is C30H30O. The van der Waals surface area contributed by atoms with Gasteiger partial charge in [0.05, 0.1) is 7.11 Å². The lowest BCUT2D eigenvalue weighted by molar-refractivity contribution is 0.414. The first kappa shape index (κ1) is 20.9. The molecule has 0 aliphatic rings. The van der Waals surface area contributed by atoms with Gasteiger partial charge in [0.25, 0.3) is 0 Å². The average molecular weight is 407 g/mol. The third kappa shape index (κ3) is 4.72. The molecule has 4 aromatic rings. The molecule has 0 fully saturated rings. The Morgan fingerprint density at radius 3 is 0.935 bits per heavy atom. The molecule has 0 aliphatic heterocycles. The number of hydrogen-bond donors (Lipinski definition) is 0. The lowest BCUT2D eigenvalue weighted by Crippen LogP contribution is -2.15. The van der Waals surface area contributed by atoms with Gasteiger partial charge in [-0.2, -0.15) is 0 Å². The van der Waals surface area contributed by atoms with E-state index in [9.17, 15) is 0 Å². The van der Waals surface area contributed by atoms with Gasteiger partial charge in [-0.1, -0.05) is 102 Å². The molecule has 0 saturated heterocycles. The van der Waals surface area contributed by atoms with Crippen molar-refractivity contribution in [3.8, 4) is 5.75 Å². The van der Waals surface area contributed by atoms with E-state index in [0.717, 1.165) is 5.75 Å². The molecule has 0 N–H and O–H groups in total. The average Bonchev–Trinajstić information content (AvgIpc) is 2.80. The molecule has 0 bridgehead atoms. The smallest absolute Gasteiger partial charge is 0.118 e. The van der Waals surface area contributed by atoms with Crippen LogP contribution >= 0.6 is 0 Å². The van der Waals surface area contributed by atoms with Gasteiger partial charge >= 0.3 is 0 Å². The predicted molar refractivity (Wildman–Crippen MR) is 130 cm³/mol. The van der Waals surface area contributed by atoms with E-state index in [4.69, 9.17) is 4.74 Å². The Kier molecular flexibility index (Phi) is 6.23. The second-order valence-corrected chi connectivity index (χ2v) is 8.46. The van der Waals surface area contributed by atoms with Crippen LogP contribution in [0.4, 0.5) is 0 Å². The number of methoxy groups -OCH3 is 1. The highest BCUT2D eigenvalue weighted by Gasteiger charge is 2.28. The van der Waals surface area contributed by atoms with Crippen LogP contribution in [0.15, 0.2) is 97.1 Å². The fraction of sp³-hybridized carbons (Fsp3) is 0.200. The topological polar surface area (TPSA) is 9.23 Å². The van der Waals surface area contributed by atoms with Crippen LogP contribution in [0.3, 0.4) is 0 Å². The lowest BCUT2D eigenvalue weighted by Gasteiger charge is -2.30. The highest BCUT2D eigenvalue weighted by molar-refractivity contribution is 5.46. The fourth-order valence-corrected chi connectivity index (χ4v) is 4.29. The van der Waals surface area contributed by atoms with Crippen molar-refractivity contribution in [2.24, 2.45) is 0 Å². The summed E-state index contributed by atoms with van der Waals surface area (Å²) < 4.78 is 5.43. The molecule has 1 atom stereocenters. The lowest BCUT2D eigenvalue weighted by atomic mass is 9.73. The Morgan fingerprint density at radius 2 is 0.677 bits per heavy atom. The predicted octanol–water partition coefficient (Wildman–Crippen LogP) is 7.58. The van der Waals surface area contributed by atoms with Crippen molar-refractivity contribution in [1.29, 1.82) is 0 Å². The van der Waals surface area contributed by atoms with Crippen LogP contribution < -0.4 is 4.74 Å². The van der Waals surface area contributed by atoms with E-state index in [2.05, 4.69) is 118 Å². The molecule has 156 valence electrons. The van der Waals surface area contributed by atoms with Gasteiger partial charge in [0, 0.05) is 11.8 Å². The van der Waals surface area contributed by atoms with E-state index in [1.54, 1.807) is 7.11 Å². The Bertz CT molecular complexity index is 1060. The summed E-state index contributed by atoms with van der Waals surface area (Å²) in [6.45, 7) is 6.43. The minimum atomic E-state index is 0.192. The maximum absolute atomic E-state index is 5.43. The molecule has 0 aromatic heterocycles. The molecule has 1 unspecified atom stereocenters. The van der Waals surface area contributed by atoms with E-state index in [1.165, 1.54) is 38.9 Å². The van der Waals surface area contributed by atoms with Crippen molar-refractivity contribution in [3.05, 3.63) is 136 Å². The van der Waals surface area contributed by atoms with Crippen molar-refractivity contribution in [1.82, 2.24) is 0 Å². The third-order valence-corrected chi connectivity index (χ3v) is 6.12. The van der Waals surface area contributed by atoms with Gasteiger partial charge in [-0.25, -0.2) is 0 Å². The van der Waals surface area contributed by atoms with Crippen LogP contribution in [-0.2, 0) is 0 Å². The zero-order chi connectivity index (χ0) is 21.8. The highest BCUT2D eigenvalue weighted by atomic mass is 16.5. The molecular weight excluding hydrogens is 376 g/mol. The Labute approximate surface area is 186 Å². The van der Waals surface area contributed by atoms with Crippen LogP contribution in [0.25, 0.3) is 0 Å². The van der Waals surface area contributed by atoms with Crippen LogP contribution in [-0.4, -0.2) is 7.11 Å². The van der Waals surface area contributed by atoms with Gasteiger partial charge in [-0.15, -0.1) is 0 Å². The minimum absolute atomic E-state index is 0.192. The summed E-state index contributed by atoms with van der Waals surface area (Å²) in [5.74, 6) is 1.28. The number of aryl methyl sites for hydroxylation is 3. The van der Waals surface area contributed by atoms with Crippen molar-refractivity contribution < 1.29 is 4.74 Å². The van der Waals surface area contributed by atoms with Crippen molar-refractivity contribution in [2.45, 2.75) is 32.6 Å². The third-order valence-electron chi connectivity index (χ3n) is 6.12. The first-order chi connectivity index (χ1) is 15.0. The van der Waals surface area contributed by atoms with E-state index in [0.29, 0.717) is 0 Å². The first-order valence-corrected chi connectivity index (χ1v) is 10.9. The first-order valence-electron chi connectivity index (χ1n) is 10.9. The monoisotopic (exact) mass is 406 g/mol. The Morgan fingerprint density at radius 1 is 0.419 bits per heavy atom. The highest BCUT2D eigenvalue weighted by Crippen LogP contribution is 2.43. The summed E-state index contributed by atoms with van der Waals surface area (Å²) in [5, 5.41) is 0. The van der Waals surface area contributed by atoms with Crippen LogP contribution in [0, 0.1) is 20.8 Å². The van der Waals surface area contributed by atoms with Gasteiger partial charge in [-0.05, 0) is 55.2 Å². The van der Waals surface area contributed by atoms with Crippen molar-refractivity contribution >= 4 is 0 Å². The standard InChI is InChI=1S/C30H30O/c1-21-5-11-24(12-6-21)29(25-13-7-22(2)8-14-25)30(26-15-9-23(3)10-16-26)27-17-19-28(31-4)20-18-27/h5-20,29-30H,1-4H3. The summed E-state index contributed by atoms with van der Waals surface area (Å²) in [4.78, 5) is 0. The molecule has 0 amide bonds. The normalized spacial score (nSPS) is 12.0. The molecule has 0 radical (unpaired) electrons. The maximum atomic E-state index is 5.43. The largest absolute Gasteiger partial charge is 0.497 e. The molecule has 0 aliphatic carbocycles. The molecule has 0 spiro atoms. The molecule has 0 heterocycles. The fourth-order valence-electron chi connectivity index (χ4n) is 4.29. The Hall–Kier alpha value is -3.32. The maximum Gasteiger partial charge on any atom is 0.118 e. The minimum Gasteiger partial charge on any atom is -0.497 e. The number of hydrogen-bond acceptors (Lipinski definition) is 1. The van der Waals surface area contributed by atoms with Crippen molar-refractivity contribution in [2.75, 3.05) is 7.11 Å². The molecule has 0 saturated carbocycles. The van der Waals surface area contributed by atoms with E-state index < -0.39 is 0 Å².